The molecule has 0 radical (unpaired) electrons. The number of aromatic nitrogens is 4. The Morgan fingerprint density at radius 1 is 0.417 bits per heavy atom. The van der Waals surface area contributed by atoms with Gasteiger partial charge in [0.05, 0.1) is 11.9 Å². The van der Waals surface area contributed by atoms with E-state index in [-0.39, 0.29) is 100 Å². The molecule has 4 aliphatic carbocycles. The zero-order chi connectivity index (χ0) is 51.7. The lowest BCUT2D eigenvalue weighted by molar-refractivity contribution is 0.167. The van der Waals surface area contributed by atoms with Crippen molar-refractivity contribution in [3.8, 4) is 0 Å². The molecule has 4 fully saturated rings. The Balaban J connectivity index is 0.000000119. The second kappa shape index (κ2) is 19.3. The quantitative estimate of drug-likeness (QED) is 0.0953. The van der Waals surface area contributed by atoms with Crippen molar-refractivity contribution in [1.82, 2.24) is 19.9 Å². The Hall–Kier alpha value is -5.64. The summed E-state index contributed by atoms with van der Waals surface area (Å²) in [5, 5.41) is 0. The second-order valence-electron chi connectivity index (χ2n) is 18.1. The molecule has 8 heterocycles. The molecular weight excluding hydrogens is 1170 g/mol. The third-order valence-corrected chi connectivity index (χ3v) is 15.0. The number of pyridine rings is 4. The van der Waals surface area contributed by atoms with E-state index in [0.717, 1.165) is 0 Å². The lowest BCUT2D eigenvalue weighted by atomic mass is 9.86. The predicted octanol–water partition coefficient (Wildman–Crippen LogP) is 6.35. The third-order valence-electron chi connectivity index (χ3n) is 13.7. The van der Waals surface area contributed by atoms with Crippen LogP contribution in [-0.2, 0) is 41.1 Å². The number of rotatable bonds is 8. The maximum atomic E-state index is 13.9. The highest BCUT2D eigenvalue weighted by Gasteiger charge is 2.63. The molecule has 0 bridgehead atoms. The molecule has 0 unspecified atom stereocenters. The van der Waals surface area contributed by atoms with Gasteiger partial charge >= 0.3 is 0 Å². The Kier molecular flexibility index (Phi) is 13.8. The van der Waals surface area contributed by atoms with Crippen LogP contribution < -0.4 is 28.7 Å². The summed E-state index contributed by atoms with van der Waals surface area (Å²) in [5.41, 5.74) is 23.1. The number of nitrogens with two attached hydrogens (primary N) is 5. The highest BCUT2D eigenvalue weighted by Crippen LogP contribution is 2.57. The number of aliphatic imine (C=N–C) groups is 4. The summed E-state index contributed by atoms with van der Waals surface area (Å²) in [6, 6.07) is 5.47. The number of nitrogens with zero attached hydrogens (tertiary/aromatic N) is 8. The molecule has 8 aliphatic rings. The summed E-state index contributed by atoms with van der Waals surface area (Å²) < 4.78 is 132. The monoisotopic (exact) mass is 1210 g/mol. The lowest BCUT2D eigenvalue weighted by Crippen LogP contribution is -2.40. The Bertz CT molecular complexity index is 2540. The van der Waals surface area contributed by atoms with Crippen LogP contribution in [0.3, 0.4) is 0 Å². The molecule has 10 N–H and O–H groups in total. The fraction of sp³-hybridized carbons (Fsp3) is 0.455. The van der Waals surface area contributed by atoms with Crippen LogP contribution in [0.15, 0.2) is 82.4 Å². The van der Waals surface area contributed by atoms with Gasteiger partial charge in [0.1, 0.15) is 73.3 Å². The van der Waals surface area contributed by atoms with Crippen LogP contribution in [0.2, 0.25) is 0 Å². The highest BCUT2D eigenvalue weighted by atomic mass is 79.9. The van der Waals surface area contributed by atoms with E-state index in [1.807, 2.05) is 0 Å². The molecule has 0 aromatic carbocycles. The average molecular weight is 1210 g/mol. The van der Waals surface area contributed by atoms with Crippen molar-refractivity contribution < 1.29 is 54.1 Å². The molecule has 4 aromatic heterocycles. The number of amidine groups is 4. The number of anilines is 1. The van der Waals surface area contributed by atoms with E-state index in [1.165, 1.54) is 49.1 Å². The standard InChI is InChI=1S/3C11H10BrF2N3O.C11H12F2N4O/c3*12-5-1-7(9(14)16-3-5)11(4-13)6-2-8(6)18-10(15)17-11;12-4-11(6-2-8(6)18-10(15)17-11)7-1-5(14)3-16-9(7)13/h3*1,3,6,8H,2,4H2,(H2,15,17);1,3,6,8H,2,4,14H2,(H2,15,17)/t4*6-,8+,11-/m1000/s1. The molecule has 17 nitrogen and oxygen atoms in total. The molecule has 28 heteroatoms. The summed E-state index contributed by atoms with van der Waals surface area (Å²) in [4.78, 5) is 30.4. The summed E-state index contributed by atoms with van der Waals surface area (Å²) >= 11 is 9.61. The van der Waals surface area contributed by atoms with E-state index in [1.54, 1.807) is 0 Å². The number of hydrogen-bond donors (Lipinski definition) is 5. The van der Waals surface area contributed by atoms with E-state index in [0.29, 0.717) is 39.1 Å². The maximum Gasteiger partial charge on any atom is 0.283 e. The van der Waals surface area contributed by atoms with Gasteiger partial charge in [-0.15, -0.1) is 0 Å². The highest BCUT2D eigenvalue weighted by molar-refractivity contribution is 9.11. The summed E-state index contributed by atoms with van der Waals surface area (Å²) in [6.45, 7) is -3.34. The van der Waals surface area contributed by atoms with Gasteiger partial charge in [-0.1, -0.05) is 0 Å². The van der Waals surface area contributed by atoms with Crippen molar-refractivity contribution in [2.45, 2.75) is 72.3 Å². The third kappa shape index (κ3) is 9.34. The van der Waals surface area contributed by atoms with Crippen LogP contribution in [-0.4, -0.2) is 95.1 Å². The van der Waals surface area contributed by atoms with Gasteiger partial charge in [0.2, 0.25) is 23.8 Å². The maximum absolute atomic E-state index is 13.9. The van der Waals surface area contributed by atoms with Crippen molar-refractivity contribution in [3.05, 3.63) is 109 Å². The Morgan fingerprint density at radius 2 is 0.653 bits per heavy atom. The van der Waals surface area contributed by atoms with E-state index in [4.69, 9.17) is 47.6 Å². The largest absolute Gasteiger partial charge is 0.462 e. The molecule has 4 aliphatic heterocycles. The van der Waals surface area contributed by atoms with Crippen LogP contribution in [0.1, 0.15) is 47.9 Å². The van der Waals surface area contributed by atoms with Gasteiger partial charge in [0.15, 0.2) is 0 Å². The number of alkyl halides is 4. The number of fused-ring (bicyclic) bond motifs is 4. The van der Waals surface area contributed by atoms with E-state index in [9.17, 15) is 35.1 Å². The van der Waals surface area contributed by atoms with Crippen LogP contribution in [0.5, 0.6) is 0 Å². The molecule has 72 heavy (non-hydrogen) atoms. The molecular formula is C44H42Br3F8N13O4. The summed E-state index contributed by atoms with van der Waals surface area (Å²) in [6.07, 6.45) is 6.92. The zero-order valence-corrected chi connectivity index (χ0v) is 41.9. The minimum Gasteiger partial charge on any atom is -0.462 e. The van der Waals surface area contributed by atoms with Crippen molar-refractivity contribution in [2.75, 3.05) is 32.4 Å². The first-order valence-corrected chi connectivity index (χ1v) is 24.3. The van der Waals surface area contributed by atoms with E-state index in [2.05, 4.69) is 87.7 Å². The Labute approximate surface area is 429 Å². The second-order valence-corrected chi connectivity index (χ2v) is 20.9. The van der Waals surface area contributed by atoms with Gasteiger partial charge in [-0.25, -0.2) is 57.5 Å². The van der Waals surface area contributed by atoms with Crippen molar-refractivity contribution in [2.24, 2.45) is 66.6 Å². The van der Waals surface area contributed by atoms with Gasteiger partial charge in [0, 0.05) is 77.9 Å². The van der Waals surface area contributed by atoms with Crippen molar-refractivity contribution >= 4 is 77.6 Å². The Morgan fingerprint density at radius 3 is 0.903 bits per heavy atom. The lowest BCUT2D eigenvalue weighted by Gasteiger charge is -2.31. The van der Waals surface area contributed by atoms with Gasteiger partial charge in [-0.2, -0.15) is 17.6 Å². The number of halogens is 11. The number of hydrogen-bond acceptors (Lipinski definition) is 17. The molecule has 384 valence electrons. The first kappa shape index (κ1) is 51.3. The molecule has 12 atom stereocenters. The van der Waals surface area contributed by atoms with Crippen molar-refractivity contribution in [3.63, 3.8) is 0 Å². The van der Waals surface area contributed by atoms with E-state index < -0.39 is 72.6 Å². The molecule has 4 saturated carbocycles. The number of ether oxygens (including phenoxy) is 4. The SMILES string of the molecule is NC1=N[C@@](CF)(c2cc(Br)cnc2F)[C@@H]2C[C@@H]2O1.NC1=N[C@](CF)(c2cc(Br)cnc2F)[C@H]2C[C@H]2O1.NC1=N[C@](CF)(c2cc(Br)cnc2F)[C@H]2C[C@H]2O1.NC1=N[C@](CF)(c2cc(N)cnc2F)[C@H]2C[C@H]2O1. The smallest absolute Gasteiger partial charge is 0.283 e. The van der Waals surface area contributed by atoms with Crippen LogP contribution in [0, 0.1) is 47.5 Å². The fourth-order valence-corrected chi connectivity index (χ4v) is 10.8. The molecule has 0 amide bonds. The first-order valence-electron chi connectivity index (χ1n) is 21.9. The van der Waals surface area contributed by atoms with Gasteiger partial charge < -0.3 is 47.6 Å². The normalized spacial score (nSPS) is 33.4. The minimum absolute atomic E-state index is 0.0451. The molecule has 0 spiro atoms. The molecule has 4 aromatic rings. The van der Waals surface area contributed by atoms with Gasteiger partial charge in [-0.05, 0) is 97.7 Å². The number of nitrogen functional groups attached to an aromatic ring is 1. The summed E-state index contributed by atoms with van der Waals surface area (Å²) in [7, 11) is 0. The van der Waals surface area contributed by atoms with Crippen LogP contribution in [0.4, 0.5) is 40.8 Å². The van der Waals surface area contributed by atoms with Gasteiger partial charge in [0.25, 0.3) is 24.1 Å². The fourth-order valence-electron chi connectivity index (χ4n) is 9.85. The predicted molar refractivity (Wildman–Crippen MR) is 253 cm³/mol. The zero-order valence-electron chi connectivity index (χ0n) is 37.1. The van der Waals surface area contributed by atoms with Gasteiger partial charge in [-0.3, -0.25) is 0 Å². The van der Waals surface area contributed by atoms with E-state index >= 15 is 0 Å². The average Bonchev–Trinajstić information content (AvgIpc) is 4.11. The first-order chi connectivity index (χ1) is 34.3. The minimum atomic E-state index is -1.35. The summed E-state index contributed by atoms with van der Waals surface area (Å²) in [5.74, 6) is -3.69. The van der Waals surface area contributed by atoms with Crippen LogP contribution >= 0.6 is 47.8 Å². The topological polar surface area (TPSA) is 268 Å². The molecule has 0 saturated heterocycles. The van der Waals surface area contributed by atoms with Crippen LogP contribution in [0.25, 0.3) is 0 Å². The van der Waals surface area contributed by atoms with Crippen molar-refractivity contribution in [1.29, 1.82) is 0 Å². The molecule has 12 rings (SSSR count).